The molecule has 0 aromatic carbocycles. The summed E-state index contributed by atoms with van der Waals surface area (Å²) in [6.07, 6.45) is 0. The van der Waals surface area contributed by atoms with Crippen LogP contribution in [0, 0.1) is 5.92 Å². The van der Waals surface area contributed by atoms with E-state index in [2.05, 4.69) is 5.10 Å². The summed E-state index contributed by atoms with van der Waals surface area (Å²) in [5, 5.41) is 3.25. The van der Waals surface area contributed by atoms with E-state index in [-0.39, 0.29) is 0 Å². The zero-order valence-corrected chi connectivity index (χ0v) is 5.02. The maximum atomic E-state index is 6.53. The quantitative estimate of drug-likeness (QED) is 0.351. The number of rotatable bonds is 1. The van der Waals surface area contributed by atoms with Crippen LogP contribution in [0.3, 0.4) is 0 Å². The van der Waals surface area contributed by atoms with Gasteiger partial charge in [0, 0.05) is 5.71 Å². The van der Waals surface area contributed by atoms with E-state index in [1.807, 2.05) is 20.8 Å². The van der Waals surface area contributed by atoms with Crippen LogP contribution in [-0.2, 0) is 0 Å². The van der Waals surface area contributed by atoms with Crippen LogP contribution < -0.4 is 5.84 Å². The molecule has 0 aromatic heterocycles. The van der Waals surface area contributed by atoms with Crippen molar-refractivity contribution in [1.29, 1.82) is 0 Å². The van der Waals surface area contributed by atoms with Gasteiger partial charge >= 0.3 is 0 Å². The van der Waals surface area contributed by atoms with Gasteiger partial charge in [-0.1, -0.05) is 13.8 Å². The SMILES string of the molecule is CC(=N[NH])C(C)C. The molecule has 0 amide bonds. The Morgan fingerprint density at radius 2 is 2.00 bits per heavy atom. The van der Waals surface area contributed by atoms with Gasteiger partial charge in [-0.05, 0) is 12.8 Å². The van der Waals surface area contributed by atoms with Crippen molar-refractivity contribution in [2.45, 2.75) is 20.8 Å². The second-order valence-electron chi connectivity index (χ2n) is 1.91. The van der Waals surface area contributed by atoms with E-state index in [0.29, 0.717) is 5.92 Å². The van der Waals surface area contributed by atoms with E-state index in [1.165, 1.54) is 0 Å². The number of nitrogens with zero attached hydrogens (tertiary/aromatic N) is 1. The second-order valence-corrected chi connectivity index (χ2v) is 1.91. The lowest BCUT2D eigenvalue weighted by Crippen LogP contribution is -2.00. The van der Waals surface area contributed by atoms with Crippen molar-refractivity contribution in [1.82, 2.24) is 5.84 Å². The van der Waals surface area contributed by atoms with Crippen molar-refractivity contribution in [3.63, 3.8) is 0 Å². The first-order valence-corrected chi connectivity index (χ1v) is 2.39. The zero-order valence-electron chi connectivity index (χ0n) is 5.02. The fourth-order valence-corrected chi connectivity index (χ4v) is 0.129. The summed E-state index contributed by atoms with van der Waals surface area (Å²) in [4.78, 5) is 0. The Bertz CT molecular complexity index is 74.1. The molecule has 0 aliphatic rings. The molecule has 0 aromatic rings. The molecular formula is C5H11N2. The monoisotopic (exact) mass is 99.1 g/mol. The summed E-state index contributed by atoms with van der Waals surface area (Å²) in [6, 6.07) is 0. The lowest BCUT2D eigenvalue weighted by Gasteiger charge is -1.97. The lowest BCUT2D eigenvalue weighted by molar-refractivity contribution is 0.866. The highest BCUT2D eigenvalue weighted by molar-refractivity contribution is 5.83. The fourth-order valence-electron chi connectivity index (χ4n) is 0.129. The topological polar surface area (TPSA) is 36.2 Å². The first kappa shape index (κ1) is 6.47. The summed E-state index contributed by atoms with van der Waals surface area (Å²) >= 11 is 0. The number of hydrogen-bond donors (Lipinski definition) is 0. The molecule has 0 saturated carbocycles. The summed E-state index contributed by atoms with van der Waals surface area (Å²) < 4.78 is 0. The number of nitrogens with one attached hydrogen (secondary N) is 1. The smallest absolute Gasteiger partial charge is 0.0393 e. The molecule has 7 heavy (non-hydrogen) atoms. The van der Waals surface area contributed by atoms with Crippen LogP contribution in [0.1, 0.15) is 20.8 Å². The molecule has 1 N–H and O–H groups in total. The van der Waals surface area contributed by atoms with E-state index < -0.39 is 0 Å². The van der Waals surface area contributed by atoms with Gasteiger partial charge in [-0.2, -0.15) is 5.10 Å². The molecule has 41 valence electrons. The first-order chi connectivity index (χ1) is 3.18. The fraction of sp³-hybridized carbons (Fsp3) is 0.800. The summed E-state index contributed by atoms with van der Waals surface area (Å²) in [7, 11) is 0. The van der Waals surface area contributed by atoms with Crippen molar-refractivity contribution in [3.8, 4) is 0 Å². The van der Waals surface area contributed by atoms with E-state index in [9.17, 15) is 0 Å². The van der Waals surface area contributed by atoms with Crippen molar-refractivity contribution in [2.75, 3.05) is 0 Å². The molecule has 0 rings (SSSR count). The van der Waals surface area contributed by atoms with Crippen LogP contribution in [0.25, 0.3) is 0 Å². The Morgan fingerprint density at radius 3 is 2.00 bits per heavy atom. The Morgan fingerprint density at radius 1 is 1.57 bits per heavy atom. The first-order valence-electron chi connectivity index (χ1n) is 2.39. The predicted octanol–water partition coefficient (Wildman–Crippen LogP) is 1.30. The van der Waals surface area contributed by atoms with Gasteiger partial charge < -0.3 is 0 Å². The lowest BCUT2D eigenvalue weighted by atomic mass is 10.1. The molecule has 1 radical (unpaired) electrons. The average molecular weight is 99.2 g/mol. The predicted molar refractivity (Wildman–Crippen MR) is 31.0 cm³/mol. The Labute approximate surface area is 44.4 Å². The highest BCUT2D eigenvalue weighted by atomic mass is 15.1. The van der Waals surface area contributed by atoms with Crippen LogP contribution in [0.2, 0.25) is 0 Å². The molecule has 0 spiro atoms. The van der Waals surface area contributed by atoms with Gasteiger partial charge in [0.05, 0.1) is 0 Å². The maximum Gasteiger partial charge on any atom is 0.0393 e. The van der Waals surface area contributed by atoms with Crippen LogP contribution in [0.15, 0.2) is 5.10 Å². The molecule has 0 heterocycles. The minimum absolute atomic E-state index is 0.428. The summed E-state index contributed by atoms with van der Waals surface area (Å²) in [5.74, 6) is 6.96. The van der Waals surface area contributed by atoms with Crippen LogP contribution in [0.5, 0.6) is 0 Å². The second kappa shape index (κ2) is 2.61. The molecule has 0 fully saturated rings. The molecule has 0 aliphatic heterocycles. The van der Waals surface area contributed by atoms with E-state index in [1.54, 1.807) is 0 Å². The standard InChI is InChI=1S/C5H11N2/c1-4(2)5(3)7-6/h4,6H,1-3H3. The van der Waals surface area contributed by atoms with Gasteiger partial charge in [0.1, 0.15) is 0 Å². The molecule has 0 atom stereocenters. The molecule has 2 heteroatoms. The average Bonchev–Trinajstić information content (AvgIpc) is 1.65. The van der Waals surface area contributed by atoms with E-state index in [4.69, 9.17) is 5.84 Å². The highest BCUT2D eigenvalue weighted by Gasteiger charge is 1.93. The van der Waals surface area contributed by atoms with Crippen LogP contribution >= 0.6 is 0 Å². The maximum absolute atomic E-state index is 6.53. The van der Waals surface area contributed by atoms with Crippen molar-refractivity contribution >= 4 is 5.71 Å². The minimum Gasteiger partial charge on any atom is -0.205 e. The van der Waals surface area contributed by atoms with Crippen molar-refractivity contribution in [2.24, 2.45) is 11.0 Å². The Hall–Kier alpha value is -0.530. The van der Waals surface area contributed by atoms with Gasteiger partial charge in [0.2, 0.25) is 0 Å². The van der Waals surface area contributed by atoms with Gasteiger partial charge in [-0.3, -0.25) is 0 Å². The van der Waals surface area contributed by atoms with Gasteiger partial charge in [-0.25, -0.2) is 5.84 Å². The Kier molecular flexibility index (Phi) is 2.41. The third-order valence-corrected chi connectivity index (χ3v) is 1.01. The van der Waals surface area contributed by atoms with E-state index in [0.717, 1.165) is 5.71 Å². The molecule has 0 bridgehead atoms. The van der Waals surface area contributed by atoms with Crippen LogP contribution in [-0.4, -0.2) is 5.71 Å². The molecule has 2 nitrogen and oxygen atoms in total. The van der Waals surface area contributed by atoms with Crippen molar-refractivity contribution < 1.29 is 0 Å². The number of hydrogen-bond acceptors (Lipinski definition) is 1. The highest BCUT2D eigenvalue weighted by Crippen LogP contribution is 1.92. The van der Waals surface area contributed by atoms with Gasteiger partial charge in [0.25, 0.3) is 0 Å². The third kappa shape index (κ3) is 2.20. The van der Waals surface area contributed by atoms with Gasteiger partial charge in [0.15, 0.2) is 0 Å². The molecular weight excluding hydrogens is 88.1 g/mol. The molecule has 0 saturated heterocycles. The normalized spacial score (nSPS) is 12.9. The summed E-state index contributed by atoms with van der Waals surface area (Å²) in [5.41, 5.74) is 0.889. The zero-order chi connectivity index (χ0) is 5.86. The molecule has 0 aliphatic carbocycles. The third-order valence-electron chi connectivity index (χ3n) is 1.01. The van der Waals surface area contributed by atoms with E-state index >= 15 is 0 Å². The molecule has 0 unspecified atom stereocenters. The van der Waals surface area contributed by atoms with Crippen LogP contribution in [0.4, 0.5) is 0 Å². The van der Waals surface area contributed by atoms with Crippen molar-refractivity contribution in [3.05, 3.63) is 0 Å². The summed E-state index contributed by atoms with van der Waals surface area (Å²) in [6.45, 7) is 5.90. The van der Waals surface area contributed by atoms with Gasteiger partial charge in [-0.15, -0.1) is 0 Å². The largest absolute Gasteiger partial charge is 0.205 e. The Balaban J connectivity index is 3.56. The minimum atomic E-state index is 0.428.